The molecular weight excluding hydrogens is 425 g/mol. The summed E-state index contributed by atoms with van der Waals surface area (Å²) in [5.41, 5.74) is 2.99. The monoisotopic (exact) mass is 443 g/mol. The van der Waals surface area contributed by atoms with Gasteiger partial charge >= 0.3 is 0 Å². The van der Waals surface area contributed by atoms with Crippen molar-refractivity contribution in [3.8, 4) is 11.3 Å². The number of nitrogens with one attached hydrogen (secondary N) is 1. The van der Waals surface area contributed by atoms with Crippen molar-refractivity contribution in [3.63, 3.8) is 0 Å². The van der Waals surface area contributed by atoms with Crippen molar-refractivity contribution in [2.75, 3.05) is 21.9 Å². The van der Waals surface area contributed by atoms with Crippen LogP contribution in [0.3, 0.4) is 0 Å². The Labute approximate surface area is 181 Å². The average Bonchev–Trinajstić information content (AvgIpc) is 2.76. The highest BCUT2D eigenvalue weighted by Crippen LogP contribution is 2.30. The first kappa shape index (κ1) is 20.5. The summed E-state index contributed by atoms with van der Waals surface area (Å²) >= 11 is 6.25. The molecule has 30 heavy (non-hydrogen) atoms. The number of halogens is 2. The highest BCUT2D eigenvalue weighted by molar-refractivity contribution is 7.86. The summed E-state index contributed by atoms with van der Waals surface area (Å²) in [5.74, 6) is -0.0397. The second-order valence-corrected chi connectivity index (χ2v) is 8.79. The van der Waals surface area contributed by atoms with Crippen LogP contribution in [-0.4, -0.2) is 27.4 Å². The van der Waals surface area contributed by atoms with Gasteiger partial charge in [0.25, 0.3) is 5.91 Å². The second-order valence-electron chi connectivity index (χ2n) is 6.89. The van der Waals surface area contributed by atoms with Crippen LogP contribution in [0, 0.1) is 5.82 Å². The van der Waals surface area contributed by atoms with Gasteiger partial charge in [0.1, 0.15) is 16.8 Å². The van der Waals surface area contributed by atoms with Crippen molar-refractivity contribution < 1.29 is 13.4 Å². The van der Waals surface area contributed by atoms with Crippen LogP contribution < -0.4 is 9.62 Å². The predicted octanol–water partition coefficient (Wildman–Crippen LogP) is 5.06. The number of benzene rings is 2. The fourth-order valence-corrected chi connectivity index (χ4v) is 4.83. The molecule has 1 fully saturated rings. The average molecular weight is 444 g/mol. The molecule has 8 heteroatoms. The first-order chi connectivity index (χ1) is 14.5. The molecule has 0 spiro atoms. The van der Waals surface area contributed by atoms with Crippen molar-refractivity contribution >= 4 is 39.9 Å². The fraction of sp³-hybridized carbons (Fsp3) is 0.182. The smallest absolute Gasteiger partial charge is 0.255 e. The molecule has 2 aromatic carbocycles. The zero-order chi connectivity index (χ0) is 21.1. The van der Waals surface area contributed by atoms with Crippen molar-refractivity contribution in [1.82, 2.24) is 4.98 Å². The molecule has 0 bridgehead atoms. The van der Waals surface area contributed by atoms with Crippen molar-refractivity contribution in [2.45, 2.75) is 12.8 Å². The lowest BCUT2D eigenvalue weighted by atomic mass is 10.1. The SMILES string of the molecule is O=C(Nc1ccc(Cl)c(-c2ccc(F)cn2)c1)c1ccc(N2CCCCS2=O)cc1. The van der Waals surface area contributed by atoms with Gasteiger partial charge in [0.2, 0.25) is 0 Å². The molecule has 1 amide bonds. The Kier molecular flexibility index (Phi) is 6.11. The van der Waals surface area contributed by atoms with Gasteiger partial charge in [0.15, 0.2) is 0 Å². The lowest BCUT2D eigenvalue weighted by Gasteiger charge is -2.27. The van der Waals surface area contributed by atoms with Crippen LogP contribution in [0.25, 0.3) is 11.3 Å². The Morgan fingerprint density at radius 2 is 1.90 bits per heavy atom. The Morgan fingerprint density at radius 3 is 2.60 bits per heavy atom. The first-order valence-electron chi connectivity index (χ1n) is 9.50. The van der Waals surface area contributed by atoms with Gasteiger partial charge in [-0.15, -0.1) is 0 Å². The largest absolute Gasteiger partial charge is 0.322 e. The molecular formula is C22H19ClFN3O2S. The van der Waals surface area contributed by atoms with Crippen LogP contribution in [0.2, 0.25) is 5.02 Å². The summed E-state index contributed by atoms with van der Waals surface area (Å²) in [4.78, 5) is 16.7. The molecule has 1 aromatic heterocycles. The number of rotatable bonds is 4. The van der Waals surface area contributed by atoms with Gasteiger partial charge in [-0.05, 0) is 67.4 Å². The predicted molar refractivity (Wildman–Crippen MR) is 119 cm³/mol. The summed E-state index contributed by atoms with van der Waals surface area (Å²) in [5, 5.41) is 3.29. The number of nitrogens with zero attached hydrogens (tertiary/aromatic N) is 2. The van der Waals surface area contributed by atoms with E-state index in [-0.39, 0.29) is 5.91 Å². The van der Waals surface area contributed by atoms with Crippen LogP contribution in [0.1, 0.15) is 23.2 Å². The molecule has 1 saturated heterocycles. The van der Waals surface area contributed by atoms with Gasteiger partial charge < -0.3 is 5.32 Å². The lowest BCUT2D eigenvalue weighted by Crippen LogP contribution is -2.32. The van der Waals surface area contributed by atoms with Gasteiger partial charge in [0.05, 0.1) is 16.9 Å². The summed E-state index contributed by atoms with van der Waals surface area (Å²) in [6.07, 6.45) is 3.10. The van der Waals surface area contributed by atoms with Crippen molar-refractivity contribution in [3.05, 3.63) is 77.2 Å². The number of anilines is 2. The molecule has 1 unspecified atom stereocenters. The normalized spacial score (nSPS) is 16.3. The van der Waals surface area contributed by atoms with E-state index in [1.54, 1.807) is 30.3 Å². The van der Waals surface area contributed by atoms with Crippen LogP contribution in [0.15, 0.2) is 60.8 Å². The Morgan fingerprint density at radius 1 is 1.10 bits per heavy atom. The number of pyridine rings is 1. The van der Waals surface area contributed by atoms with Gasteiger partial charge in [-0.3, -0.25) is 14.1 Å². The molecule has 0 saturated carbocycles. The molecule has 1 aliphatic heterocycles. The summed E-state index contributed by atoms with van der Waals surface area (Å²) in [6.45, 7) is 0.753. The highest BCUT2D eigenvalue weighted by Gasteiger charge is 2.18. The first-order valence-corrected chi connectivity index (χ1v) is 11.2. The van der Waals surface area contributed by atoms with E-state index in [0.29, 0.717) is 33.3 Å². The zero-order valence-electron chi connectivity index (χ0n) is 16.0. The lowest BCUT2D eigenvalue weighted by molar-refractivity contribution is 0.102. The van der Waals surface area contributed by atoms with Crippen LogP contribution >= 0.6 is 11.6 Å². The summed E-state index contributed by atoms with van der Waals surface area (Å²) in [7, 11) is -1.01. The number of hydrogen-bond acceptors (Lipinski definition) is 3. The molecule has 3 aromatic rings. The zero-order valence-corrected chi connectivity index (χ0v) is 17.5. The standard InChI is InChI=1S/C22H19ClFN3O2S/c23-20-9-6-17(13-19(20)21-10-5-16(24)14-25-21)26-22(28)15-3-7-18(8-4-15)27-11-1-2-12-30(27)29/h3-10,13-14H,1-2,11-12H2,(H,26,28). The second kappa shape index (κ2) is 8.93. The van der Waals surface area contributed by atoms with E-state index in [4.69, 9.17) is 11.6 Å². The van der Waals surface area contributed by atoms with E-state index in [2.05, 4.69) is 10.3 Å². The van der Waals surface area contributed by atoms with E-state index in [0.717, 1.165) is 31.3 Å². The molecule has 0 radical (unpaired) electrons. The van der Waals surface area contributed by atoms with Gasteiger partial charge in [-0.2, -0.15) is 0 Å². The maximum absolute atomic E-state index is 13.1. The van der Waals surface area contributed by atoms with Crippen LogP contribution in [0.5, 0.6) is 0 Å². The fourth-order valence-electron chi connectivity index (χ4n) is 3.26. The molecule has 1 atom stereocenters. The maximum Gasteiger partial charge on any atom is 0.255 e. The van der Waals surface area contributed by atoms with Gasteiger partial charge in [-0.1, -0.05) is 11.6 Å². The third-order valence-electron chi connectivity index (χ3n) is 4.82. The van der Waals surface area contributed by atoms with E-state index < -0.39 is 16.8 Å². The van der Waals surface area contributed by atoms with Crippen molar-refractivity contribution in [2.24, 2.45) is 0 Å². The van der Waals surface area contributed by atoms with Crippen LogP contribution in [0.4, 0.5) is 15.8 Å². The van der Waals surface area contributed by atoms with E-state index in [9.17, 15) is 13.4 Å². The molecule has 0 aliphatic carbocycles. The van der Waals surface area contributed by atoms with E-state index in [1.165, 1.54) is 12.1 Å². The quantitative estimate of drug-likeness (QED) is 0.613. The Bertz CT molecular complexity index is 1090. The van der Waals surface area contributed by atoms with E-state index >= 15 is 0 Å². The molecule has 5 nitrogen and oxygen atoms in total. The molecule has 154 valence electrons. The molecule has 1 N–H and O–H groups in total. The van der Waals surface area contributed by atoms with Gasteiger partial charge in [0, 0.05) is 34.8 Å². The minimum atomic E-state index is -1.01. The summed E-state index contributed by atoms with van der Waals surface area (Å²) in [6, 6.07) is 15.0. The minimum Gasteiger partial charge on any atom is -0.322 e. The van der Waals surface area contributed by atoms with Crippen LogP contribution in [-0.2, 0) is 11.0 Å². The number of hydrogen-bond donors (Lipinski definition) is 1. The molecule has 4 rings (SSSR count). The number of carbonyl (C=O) groups is 1. The highest BCUT2D eigenvalue weighted by atomic mass is 35.5. The topological polar surface area (TPSA) is 62.3 Å². The number of carbonyl (C=O) groups excluding carboxylic acids is 1. The minimum absolute atomic E-state index is 0.276. The Balaban J connectivity index is 1.50. The molecule has 1 aliphatic rings. The van der Waals surface area contributed by atoms with E-state index in [1.807, 2.05) is 16.4 Å². The number of amides is 1. The maximum atomic E-state index is 13.1. The molecule has 2 heterocycles. The third-order valence-corrected chi connectivity index (χ3v) is 6.67. The number of aromatic nitrogens is 1. The van der Waals surface area contributed by atoms with Gasteiger partial charge in [-0.25, -0.2) is 8.60 Å². The summed E-state index contributed by atoms with van der Waals surface area (Å²) < 4.78 is 27.2. The third kappa shape index (κ3) is 4.52. The Hall–Kier alpha value is -2.77. The van der Waals surface area contributed by atoms with Crippen molar-refractivity contribution in [1.29, 1.82) is 0 Å².